The minimum Gasteiger partial charge on any atom is -0.396 e. The van der Waals surface area contributed by atoms with Crippen molar-refractivity contribution in [1.29, 1.82) is 0 Å². The van der Waals surface area contributed by atoms with E-state index in [0.29, 0.717) is 12.1 Å². The number of rotatable bonds is 4. The van der Waals surface area contributed by atoms with E-state index in [1.54, 1.807) is 0 Å². The first-order chi connectivity index (χ1) is 7.54. The summed E-state index contributed by atoms with van der Waals surface area (Å²) in [6.45, 7) is 2.23. The number of halogens is 2. The highest BCUT2D eigenvalue weighted by Crippen LogP contribution is 2.16. The van der Waals surface area contributed by atoms with Crippen LogP contribution in [0.2, 0.25) is 0 Å². The summed E-state index contributed by atoms with van der Waals surface area (Å²) in [4.78, 5) is 11.6. The van der Waals surface area contributed by atoms with Crippen LogP contribution >= 0.6 is 15.9 Å². The molecule has 0 spiro atoms. The van der Waals surface area contributed by atoms with Crippen LogP contribution in [0.4, 0.5) is 4.39 Å². The Morgan fingerprint density at radius 1 is 1.62 bits per heavy atom. The summed E-state index contributed by atoms with van der Waals surface area (Å²) < 4.78 is 13.2. The van der Waals surface area contributed by atoms with E-state index >= 15 is 0 Å². The first-order valence-electron chi connectivity index (χ1n) is 4.88. The zero-order valence-corrected chi connectivity index (χ0v) is 10.4. The number of nitrogens with one attached hydrogen (secondary N) is 1. The van der Waals surface area contributed by atoms with Crippen LogP contribution in [0.25, 0.3) is 0 Å². The maximum atomic E-state index is 12.9. The third-order valence-corrected chi connectivity index (χ3v) is 2.71. The molecule has 0 aliphatic carbocycles. The van der Waals surface area contributed by atoms with Crippen LogP contribution in [0.3, 0.4) is 0 Å². The van der Waals surface area contributed by atoms with Crippen molar-refractivity contribution in [3.05, 3.63) is 34.1 Å². The van der Waals surface area contributed by atoms with Crippen molar-refractivity contribution in [1.82, 2.24) is 5.32 Å². The molecule has 1 aromatic rings. The molecule has 0 aliphatic rings. The van der Waals surface area contributed by atoms with Gasteiger partial charge in [0.1, 0.15) is 5.82 Å². The Balaban J connectivity index is 2.63. The molecule has 1 atom stereocenters. The van der Waals surface area contributed by atoms with E-state index in [0.717, 1.165) is 0 Å². The SMILES string of the molecule is CC(CO)CNC(=O)c1ccc(F)c(Br)c1. The van der Waals surface area contributed by atoms with Crippen LogP contribution in [0.5, 0.6) is 0 Å². The predicted octanol–water partition coefficient (Wildman–Crippen LogP) is 1.95. The molecule has 0 aromatic heterocycles. The van der Waals surface area contributed by atoms with Gasteiger partial charge in [-0.05, 0) is 40.0 Å². The summed E-state index contributed by atoms with van der Waals surface area (Å²) in [7, 11) is 0. The maximum Gasteiger partial charge on any atom is 0.251 e. The maximum absolute atomic E-state index is 12.9. The Labute approximate surface area is 102 Å². The van der Waals surface area contributed by atoms with Gasteiger partial charge < -0.3 is 10.4 Å². The first-order valence-corrected chi connectivity index (χ1v) is 5.68. The summed E-state index contributed by atoms with van der Waals surface area (Å²) in [6, 6.07) is 4.07. The fraction of sp³-hybridized carbons (Fsp3) is 0.364. The Morgan fingerprint density at radius 3 is 2.88 bits per heavy atom. The van der Waals surface area contributed by atoms with Gasteiger partial charge in [-0.25, -0.2) is 4.39 Å². The van der Waals surface area contributed by atoms with Gasteiger partial charge in [-0.15, -0.1) is 0 Å². The number of amides is 1. The molecule has 1 aromatic carbocycles. The van der Waals surface area contributed by atoms with Gasteiger partial charge in [0.15, 0.2) is 0 Å². The lowest BCUT2D eigenvalue weighted by molar-refractivity contribution is 0.0942. The van der Waals surface area contributed by atoms with E-state index in [-0.39, 0.29) is 22.9 Å². The Hall–Kier alpha value is -0.940. The summed E-state index contributed by atoms with van der Waals surface area (Å²) in [5.74, 6) is -0.672. The highest BCUT2D eigenvalue weighted by molar-refractivity contribution is 9.10. The zero-order valence-electron chi connectivity index (χ0n) is 8.84. The van der Waals surface area contributed by atoms with Gasteiger partial charge in [0.25, 0.3) is 5.91 Å². The number of hydrogen-bond acceptors (Lipinski definition) is 2. The van der Waals surface area contributed by atoms with Crippen LogP contribution < -0.4 is 5.32 Å². The summed E-state index contributed by atoms with van der Waals surface area (Å²) in [6.07, 6.45) is 0. The standard InChI is InChI=1S/C11H13BrFNO2/c1-7(6-15)5-14-11(16)8-2-3-10(13)9(12)4-8/h2-4,7,15H,5-6H2,1H3,(H,14,16). The van der Waals surface area contributed by atoms with Crippen molar-refractivity contribution in [3.8, 4) is 0 Å². The molecule has 16 heavy (non-hydrogen) atoms. The number of hydrogen-bond donors (Lipinski definition) is 2. The first kappa shape index (κ1) is 13.1. The van der Waals surface area contributed by atoms with Gasteiger partial charge in [0.05, 0.1) is 4.47 Å². The highest BCUT2D eigenvalue weighted by Gasteiger charge is 2.09. The lowest BCUT2D eigenvalue weighted by Gasteiger charge is -2.09. The van der Waals surface area contributed by atoms with Gasteiger partial charge in [-0.2, -0.15) is 0 Å². The predicted molar refractivity (Wildman–Crippen MR) is 62.7 cm³/mol. The molecule has 0 saturated carbocycles. The van der Waals surface area contributed by atoms with Crippen LogP contribution in [0.1, 0.15) is 17.3 Å². The third-order valence-electron chi connectivity index (χ3n) is 2.10. The van der Waals surface area contributed by atoms with Gasteiger partial charge >= 0.3 is 0 Å². The molecule has 1 amide bonds. The van der Waals surface area contributed by atoms with E-state index in [9.17, 15) is 9.18 Å². The smallest absolute Gasteiger partial charge is 0.251 e. The van der Waals surface area contributed by atoms with Crippen molar-refractivity contribution in [2.75, 3.05) is 13.2 Å². The largest absolute Gasteiger partial charge is 0.396 e. The van der Waals surface area contributed by atoms with Crippen LogP contribution in [0.15, 0.2) is 22.7 Å². The number of aliphatic hydroxyl groups is 1. The molecular weight excluding hydrogens is 277 g/mol. The molecule has 0 radical (unpaired) electrons. The van der Waals surface area contributed by atoms with Gasteiger partial charge in [0, 0.05) is 18.7 Å². The van der Waals surface area contributed by atoms with Crippen LogP contribution in [-0.4, -0.2) is 24.2 Å². The van der Waals surface area contributed by atoms with E-state index in [1.807, 2.05) is 6.92 Å². The molecule has 5 heteroatoms. The van der Waals surface area contributed by atoms with E-state index < -0.39 is 5.82 Å². The molecule has 1 rings (SSSR count). The molecule has 3 nitrogen and oxygen atoms in total. The molecule has 0 bridgehead atoms. The zero-order chi connectivity index (χ0) is 12.1. The normalized spacial score (nSPS) is 12.2. The topological polar surface area (TPSA) is 49.3 Å². The molecule has 0 fully saturated rings. The van der Waals surface area contributed by atoms with Crippen molar-refractivity contribution in [2.45, 2.75) is 6.92 Å². The van der Waals surface area contributed by atoms with E-state index in [2.05, 4.69) is 21.2 Å². The lowest BCUT2D eigenvalue weighted by atomic mass is 10.1. The summed E-state index contributed by atoms with van der Waals surface area (Å²) in [5.41, 5.74) is 0.387. The summed E-state index contributed by atoms with van der Waals surface area (Å²) in [5, 5.41) is 11.4. The average Bonchev–Trinajstić information content (AvgIpc) is 2.29. The van der Waals surface area contributed by atoms with Crippen molar-refractivity contribution in [3.63, 3.8) is 0 Å². The van der Waals surface area contributed by atoms with Crippen LogP contribution in [0, 0.1) is 11.7 Å². The lowest BCUT2D eigenvalue weighted by Crippen LogP contribution is -2.29. The Morgan fingerprint density at radius 2 is 2.31 bits per heavy atom. The second-order valence-electron chi connectivity index (χ2n) is 3.63. The quantitative estimate of drug-likeness (QED) is 0.890. The molecule has 0 aliphatic heterocycles. The van der Waals surface area contributed by atoms with Crippen molar-refractivity contribution in [2.24, 2.45) is 5.92 Å². The average molecular weight is 290 g/mol. The second kappa shape index (κ2) is 5.96. The fourth-order valence-corrected chi connectivity index (χ4v) is 1.45. The monoisotopic (exact) mass is 289 g/mol. The Bertz CT molecular complexity index is 384. The Kier molecular flexibility index (Phi) is 4.89. The molecule has 0 saturated heterocycles. The second-order valence-corrected chi connectivity index (χ2v) is 4.48. The summed E-state index contributed by atoms with van der Waals surface area (Å²) >= 11 is 3.01. The van der Waals surface area contributed by atoms with Gasteiger partial charge in [0.2, 0.25) is 0 Å². The molecule has 88 valence electrons. The van der Waals surface area contributed by atoms with Gasteiger partial charge in [-0.3, -0.25) is 4.79 Å². The van der Waals surface area contributed by atoms with Gasteiger partial charge in [-0.1, -0.05) is 6.92 Å². The number of carbonyl (C=O) groups is 1. The van der Waals surface area contributed by atoms with E-state index in [4.69, 9.17) is 5.11 Å². The minimum absolute atomic E-state index is 0.00726. The molecule has 2 N–H and O–H groups in total. The fourth-order valence-electron chi connectivity index (χ4n) is 1.07. The minimum atomic E-state index is -0.403. The number of aliphatic hydroxyl groups excluding tert-OH is 1. The molecular formula is C11H13BrFNO2. The number of benzene rings is 1. The molecule has 0 heterocycles. The van der Waals surface area contributed by atoms with Crippen molar-refractivity contribution >= 4 is 21.8 Å². The van der Waals surface area contributed by atoms with Crippen LogP contribution in [-0.2, 0) is 0 Å². The van der Waals surface area contributed by atoms with Crippen molar-refractivity contribution < 1.29 is 14.3 Å². The number of carbonyl (C=O) groups excluding carboxylic acids is 1. The third kappa shape index (κ3) is 3.57. The highest BCUT2D eigenvalue weighted by atomic mass is 79.9. The molecule has 1 unspecified atom stereocenters. The van der Waals surface area contributed by atoms with E-state index in [1.165, 1.54) is 18.2 Å².